The van der Waals surface area contributed by atoms with Crippen molar-refractivity contribution in [3.63, 3.8) is 0 Å². The molecule has 0 aliphatic heterocycles. The summed E-state index contributed by atoms with van der Waals surface area (Å²) < 4.78 is 0. The third-order valence-electron chi connectivity index (χ3n) is 0. The van der Waals surface area contributed by atoms with E-state index in [1.165, 1.54) is 0 Å². The molecule has 0 fully saturated rings. The SMILES string of the molecule is N.O=[N+]([O-])[O-].[K+]. The first-order valence-electron chi connectivity index (χ1n) is 0.548. The Labute approximate surface area is 76.8 Å². The Hall–Kier alpha value is 0.796. The molecule has 6 heteroatoms. The second-order valence-electron chi connectivity index (χ2n) is 0.224. The smallest absolute Gasteiger partial charge is 0.356 e. The van der Waals surface area contributed by atoms with Gasteiger partial charge in [0.05, 0.1) is 5.09 Å². The molecule has 0 aliphatic rings. The minimum Gasteiger partial charge on any atom is -0.356 e. The molecule has 0 aliphatic carbocycles. The van der Waals surface area contributed by atoms with Gasteiger partial charge >= 0.3 is 51.4 Å². The Morgan fingerprint density at radius 3 is 1.33 bits per heavy atom. The van der Waals surface area contributed by atoms with Crippen LogP contribution in [0.5, 0.6) is 0 Å². The van der Waals surface area contributed by atoms with E-state index in [0.717, 1.165) is 0 Å². The van der Waals surface area contributed by atoms with Crippen LogP contribution < -0.4 is 57.5 Å². The van der Waals surface area contributed by atoms with Crippen LogP contribution in [0.3, 0.4) is 0 Å². The molecule has 0 aromatic heterocycles. The molecule has 0 aromatic carbocycles. The van der Waals surface area contributed by atoms with Crippen molar-refractivity contribution in [1.82, 2.24) is 6.15 Å². The molecule has 0 saturated carbocycles. The van der Waals surface area contributed by atoms with Gasteiger partial charge in [-0.3, -0.25) is 0 Å². The Kier molecular flexibility index (Phi) is 24.4. The van der Waals surface area contributed by atoms with Crippen molar-refractivity contribution in [2.45, 2.75) is 0 Å². The predicted octanol–water partition coefficient (Wildman–Crippen LogP) is -3.07. The normalized spacial score (nSPS) is 4.00. The minimum atomic E-state index is -1.75. The quantitative estimate of drug-likeness (QED) is 0.207. The van der Waals surface area contributed by atoms with Crippen molar-refractivity contribution in [3.8, 4) is 0 Å². The Morgan fingerprint density at radius 2 is 1.33 bits per heavy atom. The van der Waals surface area contributed by atoms with Gasteiger partial charge in [0.2, 0.25) is 0 Å². The zero-order valence-corrected chi connectivity index (χ0v) is 6.50. The van der Waals surface area contributed by atoms with Crippen molar-refractivity contribution in [1.29, 1.82) is 0 Å². The summed E-state index contributed by atoms with van der Waals surface area (Å²) in [6.45, 7) is 0. The van der Waals surface area contributed by atoms with Gasteiger partial charge in [0, 0.05) is 0 Å². The first kappa shape index (κ1) is 15.8. The fraction of sp³-hybridized carbons (Fsp3) is 0. The average molecular weight is 118 g/mol. The monoisotopic (exact) mass is 118 g/mol. The molecule has 6 heavy (non-hydrogen) atoms. The van der Waals surface area contributed by atoms with E-state index in [2.05, 4.69) is 0 Å². The fourth-order valence-electron chi connectivity index (χ4n) is 0. The van der Waals surface area contributed by atoms with Crippen LogP contribution in [0.4, 0.5) is 0 Å². The van der Waals surface area contributed by atoms with E-state index in [0.29, 0.717) is 0 Å². The van der Waals surface area contributed by atoms with Gasteiger partial charge in [0.15, 0.2) is 0 Å². The van der Waals surface area contributed by atoms with Gasteiger partial charge in [0.25, 0.3) is 0 Å². The maximum Gasteiger partial charge on any atom is 1.00 e. The number of hydrogen-bond acceptors (Lipinski definition) is 4. The summed E-state index contributed by atoms with van der Waals surface area (Å²) in [5, 5.41) is 14.8. The summed E-state index contributed by atoms with van der Waals surface area (Å²) in [4.78, 5) is 8.25. The van der Waals surface area contributed by atoms with E-state index in [4.69, 9.17) is 15.3 Å². The molecule has 0 spiro atoms. The second-order valence-corrected chi connectivity index (χ2v) is 0.224. The molecule has 32 valence electrons. The molecular formula is H3KN2O3. The summed E-state index contributed by atoms with van der Waals surface area (Å²) in [6.07, 6.45) is 0. The molecule has 0 heterocycles. The summed E-state index contributed by atoms with van der Waals surface area (Å²) in [5.74, 6) is 0. The van der Waals surface area contributed by atoms with Crippen LogP contribution in [0.2, 0.25) is 0 Å². The third kappa shape index (κ3) is 109. The molecule has 0 unspecified atom stereocenters. The van der Waals surface area contributed by atoms with Crippen molar-refractivity contribution >= 4 is 0 Å². The molecule has 0 rings (SSSR count). The number of rotatable bonds is 0. The zero-order chi connectivity index (χ0) is 3.58. The summed E-state index contributed by atoms with van der Waals surface area (Å²) in [7, 11) is 0. The third-order valence-corrected chi connectivity index (χ3v) is 0. The Bertz CT molecular complexity index is 31.8. The van der Waals surface area contributed by atoms with Gasteiger partial charge in [0.1, 0.15) is 0 Å². The van der Waals surface area contributed by atoms with E-state index < -0.39 is 5.09 Å². The maximum atomic E-state index is 8.25. The molecule has 0 bridgehead atoms. The van der Waals surface area contributed by atoms with Crippen molar-refractivity contribution in [3.05, 3.63) is 15.3 Å². The number of hydrogen-bond donors (Lipinski definition) is 1. The Balaban J connectivity index is -0.0000000450. The van der Waals surface area contributed by atoms with Gasteiger partial charge in [-0.05, 0) is 0 Å². The first-order valence-corrected chi connectivity index (χ1v) is 0.548. The largest absolute Gasteiger partial charge is 1.00 e. The molecule has 0 amide bonds. The summed E-state index contributed by atoms with van der Waals surface area (Å²) in [5.41, 5.74) is 0. The predicted molar refractivity (Wildman–Crippen MR) is 15.4 cm³/mol. The summed E-state index contributed by atoms with van der Waals surface area (Å²) in [6, 6.07) is 0. The van der Waals surface area contributed by atoms with Gasteiger partial charge in [-0.1, -0.05) is 0 Å². The van der Waals surface area contributed by atoms with Gasteiger partial charge in [-0.15, -0.1) is 0 Å². The molecular weight excluding hydrogens is 115 g/mol. The second kappa shape index (κ2) is 9.25. The topological polar surface area (TPSA) is 101 Å². The van der Waals surface area contributed by atoms with Crippen LogP contribution in [0.1, 0.15) is 0 Å². The van der Waals surface area contributed by atoms with E-state index in [1.54, 1.807) is 0 Å². The molecule has 5 nitrogen and oxygen atoms in total. The van der Waals surface area contributed by atoms with Crippen LogP contribution in [-0.4, -0.2) is 5.09 Å². The maximum absolute atomic E-state index is 8.25. The molecule has 0 radical (unpaired) electrons. The van der Waals surface area contributed by atoms with Gasteiger partial charge in [-0.2, -0.15) is 0 Å². The average Bonchev–Trinajstić information content (AvgIpc) is 0.811. The van der Waals surface area contributed by atoms with Crippen molar-refractivity contribution in [2.24, 2.45) is 0 Å². The van der Waals surface area contributed by atoms with Crippen LogP contribution in [0, 0.1) is 15.3 Å². The van der Waals surface area contributed by atoms with Crippen molar-refractivity contribution < 1.29 is 56.5 Å². The standard InChI is InChI=1S/K.NO3.H3N/c;2-1(3)4;/h;;1H3/q+1;-1;. The first-order chi connectivity index (χ1) is 1.73. The fourth-order valence-corrected chi connectivity index (χ4v) is 0. The van der Waals surface area contributed by atoms with Gasteiger partial charge in [-0.25, -0.2) is 0 Å². The van der Waals surface area contributed by atoms with Gasteiger partial charge < -0.3 is 21.5 Å². The molecule has 0 atom stereocenters. The minimum absolute atomic E-state index is 0. The van der Waals surface area contributed by atoms with Crippen LogP contribution in [0.25, 0.3) is 0 Å². The van der Waals surface area contributed by atoms with E-state index in [9.17, 15) is 0 Å². The molecule has 0 saturated heterocycles. The summed E-state index contributed by atoms with van der Waals surface area (Å²) >= 11 is 0. The molecule has 0 aromatic rings. The van der Waals surface area contributed by atoms with E-state index >= 15 is 0 Å². The van der Waals surface area contributed by atoms with Crippen LogP contribution in [0.15, 0.2) is 0 Å². The van der Waals surface area contributed by atoms with Crippen molar-refractivity contribution in [2.75, 3.05) is 0 Å². The molecule has 3 N–H and O–H groups in total. The Morgan fingerprint density at radius 1 is 1.33 bits per heavy atom. The van der Waals surface area contributed by atoms with Crippen LogP contribution >= 0.6 is 0 Å². The number of nitrogens with zero attached hydrogens (tertiary/aromatic N) is 1. The zero-order valence-electron chi connectivity index (χ0n) is 3.38. The van der Waals surface area contributed by atoms with E-state index in [-0.39, 0.29) is 57.5 Å². The van der Waals surface area contributed by atoms with E-state index in [1.807, 2.05) is 0 Å². The van der Waals surface area contributed by atoms with Crippen LogP contribution in [-0.2, 0) is 0 Å².